The maximum atomic E-state index is 11.8. The van der Waals surface area contributed by atoms with Gasteiger partial charge < -0.3 is 9.84 Å². The lowest BCUT2D eigenvalue weighted by molar-refractivity contribution is -0.165. The summed E-state index contributed by atoms with van der Waals surface area (Å²) in [5.74, 6) is -1.98. The van der Waals surface area contributed by atoms with Crippen LogP contribution in [0.2, 0.25) is 0 Å². The summed E-state index contributed by atoms with van der Waals surface area (Å²) in [4.78, 5) is 27.5. The van der Waals surface area contributed by atoms with Crippen LogP contribution in [0.1, 0.15) is 12.5 Å². The second-order valence-electron chi connectivity index (χ2n) is 4.80. The predicted molar refractivity (Wildman–Crippen MR) is 73.2 cm³/mol. The number of nitrogens with zero attached hydrogens (tertiary/aromatic N) is 1. The van der Waals surface area contributed by atoms with Crippen molar-refractivity contribution in [1.82, 2.24) is 4.98 Å². The first-order valence-corrected chi connectivity index (χ1v) is 6.13. The highest BCUT2D eigenvalue weighted by Gasteiger charge is 2.43. The zero-order chi connectivity index (χ0) is 14.8. The molecule has 0 fully saturated rings. The van der Waals surface area contributed by atoms with Crippen LogP contribution in [-0.2, 0) is 20.7 Å². The number of carbonyl (C=O) groups is 2. The van der Waals surface area contributed by atoms with E-state index < -0.39 is 17.4 Å². The lowest BCUT2D eigenvalue weighted by Gasteiger charge is -2.22. The topological polar surface area (TPSA) is 76.5 Å². The van der Waals surface area contributed by atoms with Crippen LogP contribution in [0.5, 0.6) is 0 Å². The van der Waals surface area contributed by atoms with Gasteiger partial charge in [0.2, 0.25) is 0 Å². The normalized spacial score (nSPS) is 13.7. The molecule has 1 unspecified atom stereocenters. The van der Waals surface area contributed by atoms with Crippen LogP contribution >= 0.6 is 0 Å². The van der Waals surface area contributed by atoms with Crippen LogP contribution in [-0.4, -0.2) is 29.1 Å². The molecule has 104 valence electrons. The van der Waals surface area contributed by atoms with E-state index in [1.165, 1.54) is 14.0 Å². The molecule has 0 radical (unpaired) electrons. The molecular formula is C15H15NO4. The molecule has 1 N–H and O–H groups in total. The third kappa shape index (κ3) is 2.34. The van der Waals surface area contributed by atoms with Crippen LogP contribution in [0.4, 0.5) is 0 Å². The molecule has 5 heteroatoms. The predicted octanol–water partition coefficient (Wildman–Crippen LogP) is 2.04. The molecule has 1 aromatic carbocycles. The molecular weight excluding hydrogens is 258 g/mol. The molecule has 2 aromatic rings. The number of esters is 1. The number of fused-ring (bicyclic) bond motifs is 1. The van der Waals surface area contributed by atoms with Gasteiger partial charge in [0.15, 0.2) is 5.41 Å². The number of hydrogen-bond acceptors (Lipinski definition) is 4. The SMILES string of the molecule is COC(=O)C(C)(Cc1cccc2cccnc12)C(=O)O. The molecule has 20 heavy (non-hydrogen) atoms. The number of carboxylic acids is 1. The molecule has 1 heterocycles. The van der Waals surface area contributed by atoms with Crippen molar-refractivity contribution in [3.8, 4) is 0 Å². The monoisotopic (exact) mass is 273 g/mol. The first kappa shape index (κ1) is 14.0. The van der Waals surface area contributed by atoms with Crippen molar-refractivity contribution in [2.24, 2.45) is 5.41 Å². The first-order chi connectivity index (χ1) is 9.49. The smallest absolute Gasteiger partial charge is 0.323 e. The molecule has 0 aliphatic rings. The number of benzene rings is 1. The molecule has 0 aliphatic carbocycles. The van der Waals surface area contributed by atoms with Gasteiger partial charge in [0.1, 0.15) is 0 Å². The first-order valence-electron chi connectivity index (χ1n) is 6.13. The Morgan fingerprint density at radius 1 is 1.30 bits per heavy atom. The van der Waals surface area contributed by atoms with Crippen molar-refractivity contribution < 1.29 is 19.4 Å². The van der Waals surface area contributed by atoms with E-state index in [4.69, 9.17) is 0 Å². The Morgan fingerprint density at radius 2 is 2.00 bits per heavy atom. The quantitative estimate of drug-likeness (QED) is 0.681. The molecule has 0 spiro atoms. The van der Waals surface area contributed by atoms with E-state index in [0.29, 0.717) is 11.1 Å². The minimum atomic E-state index is -1.62. The lowest BCUT2D eigenvalue weighted by atomic mass is 9.83. The Kier molecular flexibility index (Phi) is 3.70. The van der Waals surface area contributed by atoms with Gasteiger partial charge in [-0.05, 0) is 18.6 Å². The molecule has 5 nitrogen and oxygen atoms in total. The molecule has 0 bridgehead atoms. The van der Waals surface area contributed by atoms with Gasteiger partial charge in [-0.25, -0.2) is 0 Å². The number of carboxylic acid groups (broad SMARTS) is 1. The third-order valence-electron chi connectivity index (χ3n) is 3.37. The summed E-state index contributed by atoms with van der Waals surface area (Å²) < 4.78 is 4.62. The Labute approximate surface area is 116 Å². The van der Waals surface area contributed by atoms with Gasteiger partial charge in [-0.1, -0.05) is 24.3 Å². The Balaban J connectivity index is 2.49. The summed E-state index contributed by atoms with van der Waals surface area (Å²) in [5.41, 5.74) is -0.217. The summed E-state index contributed by atoms with van der Waals surface area (Å²) in [6.07, 6.45) is 1.67. The maximum absolute atomic E-state index is 11.8. The largest absolute Gasteiger partial charge is 0.480 e. The molecule has 0 saturated carbocycles. The number of aliphatic carboxylic acids is 1. The lowest BCUT2D eigenvalue weighted by Crippen LogP contribution is -2.39. The Morgan fingerprint density at radius 3 is 2.65 bits per heavy atom. The fourth-order valence-electron chi connectivity index (χ4n) is 2.15. The minimum absolute atomic E-state index is 0.0311. The van der Waals surface area contributed by atoms with E-state index in [1.807, 2.05) is 24.3 Å². The summed E-state index contributed by atoms with van der Waals surface area (Å²) in [7, 11) is 1.19. The molecule has 0 saturated heterocycles. The van der Waals surface area contributed by atoms with Crippen molar-refractivity contribution >= 4 is 22.8 Å². The van der Waals surface area contributed by atoms with E-state index >= 15 is 0 Å². The number of aromatic nitrogens is 1. The number of methoxy groups -OCH3 is 1. The van der Waals surface area contributed by atoms with Crippen molar-refractivity contribution in [3.05, 3.63) is 42.1 Å². The van der Waals surface area contributed by atoms with Gasteiger partial charge in [-0.3, -0.25) is 14.6 Å². The van der Waals surface area contributed by atoms with E-state index in [-0.39, 0.29) is 6.42 Å². The standard InChI is InChI=1S/C15H15NO4/c1-15(13(17)18,14(19)20-2)9-11-6-3-5-10-7-4-8-16-12(10)11/h3-8H,9H2,1-2H3,(H,17,18). The highest BCUT2D eigenvalue weighted by Crippen LogP contribution is 2.28. The van der Waals surface area contributed by atoms with E-state index in [1.54, 1.807) is 12.3 Å². The third-order valence-corrected chi connectivity index (χ3v) is 3.37. The van der Waals surface area contributed by atoms with Gasteiger partial charge >= 0.3 is 11.9 Å². The average molecular weight is 273 g/mol. The number of para-hydroxylation sites is 1. The zero-order valence-corrected chi connectivity index (χ0v) is 11.3. The molecule has 1 aromatic heterocycles. The minimum Gasteiger partial charge on any atom is -0.480 e. The highest BCUT2D eigenvalue weighted by atomic mass is 16.5. The Bertz CT molecular complexity index is 662. The second-order valence-corrected chi connectivity index (χ2v) is 4.80. The van der Waals surface area contributed by atoms with Crippen LogP contribution in [0, 0.1) is 5.41 Å². The van der Waals surface area contributed by atoms with Crippen LogP contribution < -0.4 is 0 Å². The van der Waals surface area contributed by atoms with Crippen molar-refractivity contribution in [2.45, 2.75) is 13.3 Å². The Hall–Kier alpha value is -2.43. The maximum Gasteiger partial charge on any atom is 0.323 e. The zero-order valence-electron chi connectivity index (χ0n) is 11.3. The van der Waals surface area contributed by atoms with Crippen LogP contribution in [0.25, 0.3) is 10.9 Å². The van der Waals surface area contributed by atoms with E-state index in [9.17, 15) is 14.7 Å². The number of ether oxygens (including phenoxy) is 1. The second kappa shape index (κ2) is 5.28. The van der Waals surface area contributed by atoms with E-state index in [0.717, 1.165) is 5.39 Å². The fraction of sp³-hybridized carbons (Fsp3) is 0.267. The number of carbonyl (C=O) groups excluding carboxylic acids is 1. The van der Waals surface area contributed by atoms with Gasteiger partial charge in [-0.2, -0.15) is 0 Å². The molecule has 0 amide bonds. The summed E-state index contributed by atoms with van der Waals surface area (Å²) in [6.45, 7) is 1.36. The van der Waals surface area contributed by atoms with Gasteiger partial charge in [-0.15, -0.1) is 0 Å². The van der Waals surface area contributed by atoms with Crippen LogP contribution in [0.15, 0.2) is 36.5 Å². The van der Waals surface area contributed by atoms with E-state index in [2.05, 4.69) is 9.72 Å². The number of rotatable bonds is 4. The summed E-state index contributed by atoms with van der Waals surface area (Å²) in [6, 6.07) is 9.19. The average Bonchev–Trinajstić information content (AvgIpc) is 2.46. The van der Waals surface area contributed by atoms with Gasteiger partial charge in [0.25, 0.3) is 0 Å². The summed E-state index contributed by atoms with van der Waals surface area (Å²) in [5, 5.41) is 10.3. The highest BCUT2D eigenvalue weighted by molar-refractivity contribution is 5.99. The van der Waals surface area contributed by atoms with Crippen molar-refractivity contribution in [1.29, 1.82) is 0 Å². The molecule has 1 atom stereocenters. The fourth-order valence-corrected chi connectivity index (χ4v) is 2.15. The molecule has 0 aliphatic heterocycles. The van der Waals surface area contributed by atoms with Gasteiger partial charge in [0, 0.05) is 18.0 Å². The van der Waals surface area contributed by atoms with Crippen molar-refractivity contribution in [3.63, 3.8) is 0 Å². The number of hydrogen-bond donors (Lipinski definition) is 1. The molecule has 2 rings (SSSR count). The number of pyridine rings is 1. The summed E-state index contributed by atoms with van der Waals surface area (Å²) >= 11 is 0. The van der Waals surface area contributed by atoms with Crippen molar-refractivity contribution in [2.75, 3.05) is 7.11 Å². The van der Waals surface area contributed by atoms with Gasteiger partial charge in [0.05, 0.1) is 12.6 Å². The van der Waals surface area contributed by atoms with Crippen LogP contribution in [0.3, 0.4) is 0 Å².